The van der Waals surface area contributed by atoms with Crippen molar-refractivity contribution in [1.29, 1.82) is 0 Å². The molecule has 2 rings (SSSR count). The van der Waals surface area contributed by atoms with Gasteiger partial charge in [0.1, 0.15) is 11.3 Å². The molecule has 0 fully saturated rings. The summed E-state index contributed by atoms with van der Waals surface area (Å²) in [7, 11) is 0. The van der Waals surface area contributed by atoms with E-state index in [2.05, 4.69) is 0 Å². The number of phenolic OH excluding ortho intramolecular Hbond substituents is 1. The van der Waals surface area contributed by atoms with E-state index >= 15 is 0 Å². The van der Waals surface area contributed by atoms with Crippen LogP contribution >= 0.6 is 0 Å². The Morgan fingerprint density at radius 3 is 2.53 bits per heavy atom. The lowest BCUT2D eigenvalue weighted by Gasteiger charge is -2.02. The van der Waals surface area contributed by atoms with Crippen molar-refractivity contribution in [2.75, 3.05) is 0 Å². The fourth-order valence-electron chi connectivity index (χ4n) is 1.53. The second-order valence-corrected chi connectivity index (χ2v) is 3.48. The lowest BCUT2D eigenvalue weighted by Crippen LogP contribution is -1.91. The first-order chi connectivity index (χ1) is 7.00. The second kappa shape index (κ2) is 3.02. The minimum absolute atomic E-state index is 0.113. The van der Waals surface area contributed by atoms with Crippen molar-refractivity contribution in [2.45, 2.75) is 13.8 Å². The average molecular weight is 206 g/mol. The molecule has 0 bridgehead atoms. The summed E-state index contributed by atoms with van der Waals surface area (Å²) in [6, 6.07) is 2.91. The molecule has 0 saturated carbocycles. The number of carboxylic acids is 1. The van der Waals surface area contributed by atoms with Crippen LogP contribution in [0.25, 0.3) is 11.0 Å². The molecule has 0 unspecified atom stereocenters. The highest BCUT2D eigenvalue weighted by molar-refractivity contribution is 5.93. The van der Waals surface area contributed by atoms with Crippen molar-refractivity contribution in [3.8, 4) is 5.75 Å². The van der Waals surface area contributed by atoms with Crippen molar-refractivity contribution >= 4 is 16.9 Å². The van der Waals surface area contributed by atoms with Gasteiger partial charge in [-0.3, -0.25) is 0 Å². The molecule has 0 amide bonds. The first-order valence-corrected chi connectivity index (χ1v) is 4.46. The summed E-state index contributed by atoms with van der Waals surface area (Å²) in [5.74, 6) is -1.07. The molecule has 1 aromatic heterocycles. The zero-order chi connectivity index (χ0) is 11.2. The molecule has 0 radical (unpaired) electrons. The van der Waals surface area contributed by atoms with E-state index in [0.29, 0.717) is 16.5 Å². The lowest BCUT2D eigenvalue weighted by atomic mass is 10.1. The molecular formula is C11H10O4. The van der Waals surface area contributed by atoms with Crippen molar-refractivity contribution in [3.05, 3.63) is 29.0 Å². The van der Waals surface area contributed by atoms with Crippen LogP contribution in [0.5, 0.6) is 5.75 Å². The quantitative estimate of drug-likeness (QED) is 0.751. The number of rotatable bonds is 1. The standard InChI is InChI=1S/C11H10O4/c1-5-6(2)10-7(3-8(5)12)4-9(15-10)11(13)14/h3-4,12H,1-2H3,(H,13,14). The van der Waals surface area contributed by atoms with Gasteiger partial charge < -0.3 is 14.6 Å². The van der Waals surface area contributed by atoms with Gasteiger partial charge in [0, 0.05) is 5.39 Å². The second-order valence-electron chi connectivity index (χ2n) is 3.48. The largest absolute Gasteiger partial charge is 0.508 e. The molecule has 4 heteroatoms. The van der Waals surface area contributed by atoms with Crippen LogP contribution in [-0.4, -0.2) is 16.2 Å². The third-order valence-electron chi connectivity index (χ3n) is 2.55. The zero-order valence-electron chi connectivity index (χ0n) is 8.37. The van der Waals surface area contributed by atoms with E-state index in [-0.39, 0.29) is 11.5 Å². The van der Waals surface area contributed by atoms with Gasteiger partial charge in [-0.05, 0) is 37.1 Å². The Kier molecular flexibility index (Phi) is 1.93. The van der Waals surface area contributed by atoms with Gasteiger partial charge in [0.25, 0.3) is 0 Å². The van der Waals surface area contributed by atoms with E-state index < -0.39 is 5.97 Å². The van der Waals surface area contributed by atoms with Crippen LogP contribution in [0.15, 0.2) is 16.5 Å². The Morgan fingerprint density at radius 2 is 1.93 bits per heavy atom. The number of hydrogen-bond acceptors (Lipinski definition) is 3. The molecule has 0 atom stereocenters. The molecule has 15 heavy (non-hydrogen) atoms. The average Bonchev–Trinajstić information content (AvgIpc) is 2.58. The van der Waals surface area contributed by atoms with Crippen molar-refractivity contribution in [3.63, 3.8) is 0 Å². The van der Waals surface area contributed by atoms with Crippen LogP contribution < -0.4 is 0 Å². The number of phenols is 1. The molecule has 0 aliphatic rings. The number of aromatic hydroxyl groups is 1. The van der Waals surface area contributed by atoms with Crippen molar-refractivity contribution in [1.82, 2.24) is 0 Å². The van der Waals surface area contributed by atoms with Gasteiger partial charge in [-0.1, -0.05) is 0 Å². The molecule has 1 heterocycles. The topological polar surface area (TPSA) is 70.7 Å². The zero-order valence-corrected chi connectivity index (χ0v) is 8.37. The number of hydrogen-bond donors (Lipinski definition) is 2. The molecule has 0 aliphatic carbocycles. The predicted molar refractivity (Wildman–Crippen MR) is 54.3 cm³/mol. The third kappa shape index (κ3) is 1.34. The van der Waals surface area contributed by atoms with Crippen molar-refractivity contribution in [2.24, 2.45) is 0 Å². The minimum atomic E-state index is -1.11. The maximum atomic E-state index is 10.7. The summed E-state index contributed by atoms with van der Waals surface area (Å²) in [6.45, 7) is 3.54. The van der Waals surface area contributed by atoms with Crippen LogP contribution in [0.4, 0.5) is 0 Å². The summed E-state index contributed by atoms with van der Waals surface area (Å²) in [5.41, 5.74) is 1.98. The van der Waals surface area contributed by atoms with Crippen LogP contribution in [0.2, 0.25) is 0 Å². The molecule has 4 nitrogen and oxygen atoms in total. The first kappa shape index (κ1) is 9.58. The van der Waals surface area contributed by atoms with E-state index in [0.717, 1.165) is 5.56 Å². The maximum Gasteiger partial charge on any atom is 0.371 e. The Balaban J connectivity index is 2.82. The third-order valence-corrected chi connectivity index (χ3v) is 2.55. The van der Waals surface area contributed by atoms with Gasteiger partial charge in [-0.2, -0.15) is 0 Å². The summed E-state index contributed by atoms with van der Waals surface area (Å²) in [5, 5.41) is 18.9. The number of aryl methyl sites for hydroxylation is 1. The Hall–Kier alpha value is -1.97. The van der Waals surface area contributed by atoms with E-state index in [1.807, 2.05) is 0 Å². The molecule has 78 valence electrons. The van der Waals surface area contributed by atoms with Crippen LogP contribution in [0.1, 0.15) is 21.7 Å². The van der Waals surface area contributed by atoms with Gasteiger partial charge in [0.2, 0.25) is 5.76 Å². The van der Waals surface area contributed by atoms with E-state index in [1.165, 1.54) is 12.1 Å². The van der Waals surface area contributed by atoms with Gasteiger partial charge in [-0.25, -0.2) is 4.79 Å². The van der Waals surface area contributed by atoms with Crippen LogP contribution in [0.3, 0.4) is 0 Å². The van der Waals surface area contributed by atoms with E-state index in [1.54, 1.807) is 13.8 Å². The number of aromatic carboxylic acids is 1. The van der Waals surface area contributed by atoms with Gasteiger partial charge in [-0.15, -0.1) is 0 Å². The molecule has 0 spiro atoms. The van der Waals surface area contributed by atoms with Crippen LogP contribution in [-0.2, 0) is 0 Å². The smallest absolute Gasteiger partial charge is 0.371 e. The monoisotopic (exact) mass is 206 g/mol. The molecule has 2 N–H and O–H groups in total. The number of furan rings is 1. The molecule has 1 aromatic carbocycles. The Bertz CT molecular complexity index is 551. The number of fused-ring (bicyclic) bond motifs is 1. The molecule has 0 aliphatic heterocycles. The highest BCUT2D eigenvalue weighted by Gasteiger charge is 2.14. The number of carboxylic acid groups (broad SMARTS) is 1. The SMILES string of the molecule is Cc1c(O)cc2cc(C(=O)O)oc2c1C. The highest BCUT2D eigenvalue weighted by atomic mass is 16.4. The molecular weight excluding hydrogens is 196 g/mol. The van der Waals surface area contributed by atoms with Gasteiger partial charge >= 0.3 is 5.97 Å². The highest BCUT2D eigenvalue weighted by Crippen LogP contribution is 2.31. The Morgan fingerprint density at radius 1 is 1.27 bits per heavy atom. The van der Waals surface area contributed by atoms with E-state index in [4.69, 9.17) is 9.52 Å². The fraction of sp³-hybridized carbons (Fsp3) is 0.182. The number of carbonyl (C=O) groups is 1. The normalized spacial score (nSPS) is 10.8. The van der Waals surface area contributed by atoms with E-state index in [9.17, 15) is 9.90 Å². The molecule has 0 saturated heterocycles. The Labute approximate surface area is 85.8 Å². The van der Waals surface area contributed by atoms with Gasteiger partial charge in [0.05, 0.1) is 0 Å². The van der Waals surface area contributed by atoms with Gasteiger partial charge in [0.15, 0.2) is 0 Å². The number of benzene rings is 1. The summed E-state index contributed by atoms with van der Waals surface area (Å²) < 4.78 is 5.19. The molecule has 2 aromatic rings. The summed E-state index contributed by atoms with van der Waals surface area (Å²) >= 11 is 0. The fourth-order valence-corrected chi connectivity index (χ4v) is 1.53. The maximum absolute atomic E-state index is 10.7. The predicted octanol–water partition coefficient (Wildman–Crippen LogP) is 2.45. The first-order valence-electron chi connectivity index (χ1n) is 4.46. The van der Waals surface area contributed by atoms with Crippen molar-refractivity contribution < 1.29 is 19.4 Å². The minimum Gasteiger partial charge on any atom is -0.508 e. The summed E-state index contributed by atoms with van der Waals surface area (Å²) in [6.07, 6.45) is 0. The van der Waals surface area contributed by atoms with Crippen LogP contribution in [0, 0.1) is 13.8 Å². The lowest BCUT2D eigenvalue weighted by molar-refractivity contribution is 0.0665. The summed E-state index contributed by atoms with van der Waals surface area (Å²) in [4.78, 5) is 10.7.